The Labute approximate surface area is 181 Å². The van der Waals surface area contributed by atoms with Crippen molar-refractivity contribution in [1.82, 2.24) is 4.90 Å². The largest absolute Gasteiger partial charge is 0.493 e. The van der Waals surface area contributed by atoms with Gasteiger partial charge in [0.1, 0.15) is 0 Å². The Hall–Kier alpha value is -2.48. The lowest BCUT2D eigenvalue weighted by atomic mass is 9.93. The summed E-state index contributed by atoms with van der Waals surface area (Å²) in [5.74, 6) is 0.789. The van der Waals surface area contributed by atoms with Crippen LogP contribution in [0.1, 0.15) is 45.7 Å². The number of carbonyl (C=O) groups excluding carboxylic acids is 2. The van der Waals surface area contributed by atoms with Gasteiger partial charge < -0.3 is 14.2 Å². The second kappa shape index (κ2) is 9.12. The number of allylic oxidation sites excluding steroid dienone is 1. The summed E-state index contributed by atoms with van der Waals surface area (Å²) in [5, 5.41) is 0.398. The zero-order chi connectivity index (χ0) is 22.0. The van der Waals surface area contributed by atoms with Gasteiger partial charge in [-0.1, -0.05) is 38.6 Å². The molecule has 162 valence electrons. The third-order valence-electron chi connectivity index (χ3n) is 5.01. The Morgan fingerprint density at radius 2 is 1.93 bits per heavy atom. The lowest BCUT2D eigenvalue weighted by Crippen LogP contribution is -2.41. The highest BCUT2D eigenvalue weighted by Gasteiger charge is 2.47. The van der Waals surface area contributed by atoms with Gasteiger partial charge in [-0.3, -0.25) is 9.69 Å². The maximum Gasteiger partial charge on any atom is 0.338 e. The number of amidine groups is 1. The van der Waals surface area contributed by atoms with Gasteiger partial charge in [0, 0.05) is 0 Å². The number of amides is 1. The summed E-state index contributed by atoms with van der Waals surface area (Å²) in [7, 11) is 3.12. The van der Waals surface area contributed by atoms with Crippen molar-refractivity contribution in [3.8, 4) is 11.5 Å². The highest BCUT2D eigenvalue weighted by molar-refractivity contribution is 8.15. The number of thioether (sulfide) groups is 1. The van der Waals surface area contributed by atoms with Gasteiger partial charge in [-0.05, 0) is 37.0 Å². The number of nitrogens with zero attached hydrogens (tertiary/aromatic N) is 2. The van der Waals surface area contributed by atoms with Crippen LogP contribution in [0, 0.1) is 5.92 Å². The van der Waals surface area contributed by atoms with Crippen LogP contribution in [0.25, 0.3) is 0 Å². The number of benzene rings is 1. The molecule has 8 heteroatoms. The average Bonchev–Trinajstić information content (AvgIpc) is 3.05. The molecule has 7 nitrogen and oxygen atoms in total. The summed E-state index contributed by atoms with van der Waals surface area (Å²) >= 11 is 1.44. The van der Waals surface area contributed by atoms with Gasteiger partial charge in [-0.2, -0.15) is 0 Å². The predicted molar refractivity (Wildman–Crippen MR) is 117 cm³/mol. The number of methoxy groups -OCH3 is 2. The van der Waals surface area contributed by atoms with E-state index in [9.17, 15) is 9.59 Å². The van der Waals surface area contributed by atoms with Crippen LogP contribution in [0.4, 0.5) is 0 Å². The smallest absolute Gasteiger partial charge is 0.338 e. The molecule has 0 N–H and O–H groups in total. The number of rotatable bonds is 7. The molecule has 1 aromatic rings. The first-order valence-electron chi connectivity index (χ1n) is 10.0. The van der Waals surface area contributed by atoms with Crippen LogP contribution in [0.2, 0.25) is 0 Å². The van der Waals surface area contributed by atoms with Crippen molar-refractivity contribution < 1.29 is 23.8 Å². The van der Waals surface area contributed by atoms with Crippen LogP contribution in [-0.4, -0.2) is 48.0 Å². The molecule has 1 aromatic carbocycles. The maximum atomic E-state index is 13.2. The SMILES string of the molecule is CC[C@@H]1SC2=NC(C)=C(C(=O)OCC(C)C)[C@@H](c3ccc(OC)c(OC)c3)N2C1=O. The normalized spacial score (nSPS) is 21.0. The lowest BCUT2D eigenvalue weighted by molar-refractivity contribution is -0.141. The van der Waals surface area contributed by atoms with Gasteiger partial charge in [0.25, 0.3) is 0 Å². The van der Waals surface area contributed by atoms with Gasteiger partial charge in [0.2, 0.25) is 5.91 Å². The van der Waals surface area contributed by atoms with Crippen LogP contribution in [0.3, 0.4) is 0 Å². The molecule has 0 unspecified atom stereocenters. The maximum absolute atomic E-state index is 13.2. The minimum atomic E-state index is -0.631. The van der Waals surface area contributed by atoms with Crippen molar-refractivity contribution in [2.24, 2.45) is 10.9 Å². The Bertz CT molecular complexity index is 909. The number of ether oxygens (including phenoxy) is 3. The van der Waals surface area contributed by atoms with E-state index in [2.05, 4.69) is 4.99 Å². The lowest BCUT2D eigenvalue weighted by Gasteiger charge is -2.33. The van der Waals surface area contributed by atoms with Gasteiger partial charge in [-0.15, -0.1) is 0 Å². The summed E-state index contributed by atoms with van der Waals surface area (Å²) in [6.07, 6.45) is 0.684. The van der Waals surface area contributed by atoms with E-state index in [0.717, 1.165) is 5.56 Å². The number of hydrogen-bond acceptors (Lipinski definition) is 7. The number of aliphatic imine (C=N–C) groups is 1. The molecular formula is C22H28N2O5S. The summed E-state index contributed by atoms with van der Waals surface area (Å²) in [6, 6.07) is 4.78. The van der Waals surface area contributed by atoms with E-state index in [1.807, 2.05) is 26.8 Å². The third kappa shape index (κ3) is 4.05. The van der Waals surface area contributed by atoms with Gasteiger partial charge in [0.05, 0.1) is 43.4 Å². The number of hydrogen-bond donors (Lipinski definition) is 0. The van der Waals surface area contributed by atoms with Crippen molar-refractivity contribution in [3.05, 3.63) is 35.0 Å². The molecule has 2 atom stereocenters. The predicted octanol–water partition coefficient (Wildman–Crippen LogP) is 3.94. The van der Waals surface area contributed by atoms with E-state index in [1.165, 1.54) is 11.8 Å². The Balaban J connectivity index is 2.11. The summed E-state index contributed by atoms with van der Waals surface area (Å²) in [6.45, 7) is 8.01. The summed E-state index contributed by atoms with van der Waals surface area (Å²) in [4.78, 5) is 32.4. The first-order chi connectivity index (χ1) is 14.3. The molecule has 1 fully saturated rings. The van der Waals surface area contributed by atoms with Crippen LogP contribution >= 0.6 is 11.8 Å². The number of carbonyl (C=O) groups is 2. The molecule has 0 saturated carbocycles. The molecule has 2 heterocycles. The zero-order valence-corrected chi connectivity index (χ0v) is 19.0. The van der Waals surface area contributed by atoms with Crippen molar-refractivity contribution >= 4 is 28.8 Å². The van der Waals surface area contributed by atoms with Crippen LogP contribution < -0.4 is 9.47 Å². The number of fused-ring (bicyclic) bond motifs is 1. The highest BCUT2D eigenvalue weighted by atomic mass is 32.2. The number of esters is 1. The Kier molecular flexibility index (Phi) is 6.75. The van der Waals surface area contributed by atoms with Crippen LogP contribution in [0.5, 0.6) is 11.5 Å². The standard InChI is InChI=1S/C22H28N2O5S/c1-7-17-20(25)24-19(14-8-9-15(27-5)16(10-14)28-6)18(13(4)23-22(24)30-17)21(26)29-11-12(2)3/h8-10,12,17,19H,7,11H2,1-6H3/t17-,19+/m0/s1. The second-order valence-electron chi connectivity index (χ2n) is 7.63. The molecular weight excluding hydrogens is 404 g/mol. The first-order valence-corrected chi connectivity index (χ1v) is 10.9. The van der Waals surface area contributed by atoms with E-state index >= 15 is 0 Å². The molecule has 1 saturated heterocycles. The van der Waals surface area contributed by atoms with Gasteiger partial charge >= 0.3 is 5.97 Å². The minimum Gasteiger partial charge on any atom is -0.493 e. The third-order valence-corrected chi connectivity index (χ3v) is 6.33. The molecule has 0 radical (unpaired) electrons. The van der Waals surface area contributed by atoms with E-state index in [-0.39, 0.29) is 17.1 Å². The van der Waals surface area contributed by atoms with E-state index in [1.54, 1.807) is 38.2 Å². The second-order valence-corrected chi connectivity index (χ2v) is 8.80. The molecule has 30 heavy (non-hydrogen) atoms. The average molecular weight is 433 g/mol. The Morgan fingerprint density at radius 3 is 2.53 bits per heavy atom. The molecule has 0 bridgehead atoms. The molecule has 3 rings (SSSR count). The van der Waals surface area contributed by atoms with Crippen molar-refractivity contribution in [2.75, 3.05) is 20.8 Å². The molecule has 1 amide bonds. The van der Waals surface area contributed by atoms with Crippen molar-refractivity contribution in [1.29, 1.82) is 0 Å². The summed E-state index contributed by atoms with van der Waals surface area (Å²) in [5.41, 5.74) is 1.67. The van der Waals surface area contributed by atoms with E-state index in [0.29, 0.717) is 41.0 Å². The first kappa shape index (κ1) is 22.2. The van der Waals surface area contributed by atoms with E-state index < -0.39 is 12.0 Å². The zero-order valence-electron chi connectivity index (χ0n) is 18.2. The molecule has 2 aliphatic heterocycles. The minimum absolute atomic E-state index is 0.0531. The fraction of sp³-hybridized carbons (Fsp3) is 0.500. The van der Waals surface area contributed by atoms with Crippen LogP contribution in [0.15, 0.2) is 34.5 Å². The molecule has 0 aromatic heterocycles. The summed E-state index contributed by atoms with van der Waals surface area (Å²) < 4.78 is 16.3. The van der Waals surface area contributed by atoms with Gasteiger partial charge in [-0.25, -0.2) is 9.79 Å². The quantitative estimate of drug-likeness (QED) is 0.608. The van der Waals surface area contributed by atoms with E-state index in [4.69, 9.17) is 14.2 Å². The Morgan fingerprint density at radius 1 is 1.23 bits per heavy atom. The van der Waals surface area contributed by atoms with Crippen molar-refractivity contribution in [2.45, 2.75) is 45.4 Å². The van der Waals surface area contributed by atoms with Crippen molar-refractivity contribution in [3.63, 3.8) is 0 Å². The van der Waals surface area contributed by atoms with Gasteiger partial charge in [0.15, 0.2) is 16.7 Å². The molecule has 2 aliphatic rings. The van der Waals surface area contributed by atoms with Crippen LogP contribution in [-0.2, 0) is 14.3 Å². The fourth-order valence-corrected chi connectivity index (χ4v) is 4.64. The monoisotopic (exact) mass is 432 g/mol. The molecule has 0 aliphatic carbocycles. The topological polar surface area (TPSA) is 77.4 Å². The highest BCUT2D eigenvalue weighted by Crippen LogP contribution is 2.45. The molecule has 0 spiro atoms. The fourth-order valence-electron chi connectivity index (χ4n) is 3.51.